The molecule has 0 aromatic heterocycles. The molecule has 3 aromatic rings. The van der Waals surface area contributed by atoms with Crippen molar-refractivity contribution in [2.45, 2.75) is 0 Å². The van der Waals surface area contributed by atoms with Gasteiger partial charge < -0.3 is 14.8 Å². The van der Waals surface area contributed by atoms with Gasteiger partial charge in [-0.2, -0.15) is 0 Å². The van der Waals surface area contributed by atoms with Crippen LogP contribution in [0.3, 0.4) is 0 Å². The lowest BCUT2D eigenvalue weighted by Crippen LogP contribution is -2.32. The zero-order valence-electron chi connectivity index (χ0n) is 16.9. The minimum absolute atomic E-state index is 0.141. The maximum absolute atomic E-state index is 13.4. The highest BCUT2D eigenvalue weighted by Crippen LogP contribution is 2.37. The number of halogens is 1. The topological polar surface area (TPSA) is 67.9 Å². The summed E-state index contributed by atoms with van der Waals surface area (Å²) < 4.78 is 10.7. The SMILES string of the molecule is COc1ccc(OC)c(NC2=C(c3ccccc3)C(=O)N(c3cccc(Cl)c3)C2=O)c1. The van der Waals surface area contributed by atoms with Crippen LogP contribution in [0.1, 0.15) is 5.56 Å². The number of amides is 2. The number of benzene rings is 3. The molecule has 0 fully saturated rings. The molecule has 1 aliphatic heterocycles. The van der Waals surface area contributed by atoms with Crippen LogP contribution in [-0.4, -0.2) is 26.0 Å². The van der Waals surface area contributed by atoms with Gasteiger partial charge in [-0.1, -0.05) is 48.0 Å². The highest BCUT2D eigenvalue weighted by atomic mass is 35.5. The molecule has 156 valence electrons. The van der Waals surface area contributed by atoms with Crippen molar-refractivity contribution in [2.75, 3.05) is 24.4 Å². The summed E-state index contributed by atoms with van der Waals surface area (Å²) in [6.45, 7) is 0. The first-order valence-corrected chi connectivity index (χ1v) is 9.84. The van der Waals surface area contributed by atoms with E-state index in [0.29, 0.717) is 33.5 Å². The summed E-state index contributed by atoms with van der Waals surface area (Å²) in [5.74, 6) is 0.148. The molecule has 31 heavy (non-hydrogen) atoms. The number of imide groups is 1. The molecular formula is C24H19ClN2O4. The smallest absolute Gasteiger partial charge is 0.282 e. The number of carbonyl (C=O) groups is 2. The molecule has 6 nitrogen and oxygen atoms in total. The van der Waals surface area contributed by atoms with Gasteiger partial charge in [0.15, 0.2) is 0 Å². The highest BCUT2D eigenvalue weighted by molar-refractivity contribution is 6.46. The van der Waals surface area contributed by atoms with E-state index in [-0.39, 0.29) is 11.3 Å². The number of carbonyl (C=O) groups excluding carboxylic acids is 2. The number of methoxy groups -OCH3 is 2. The zero-order chi connectivity index (χ0) is 22.0. The average Bonchev–Trinajstić information content (AvgIpc) is 3.03. The van der Waals surface area contributed by atoms with Gasteiger partial charge in [-0.15, -0.1) is 0 Å². The summed E-state index contributed by atoms with van der Waals surface area (Å²) in [6, 6.07) is 20.8. The molecule has 0 saturated heterocycles. The molecule has 0 bridgehead atoms. The van der Waals surface area contributed by atoms with Gasteiger partial charge in [-0.3, -0.25) is 9.59 Å². The van der Waals surface area contributed by atoms with Crippen molar-refractivity contribution in [3.8, 4) is 11.5 Å². The Hall–Kier alpha value is -3.77. The van der Waals surface area contributed by atoms with Crippen LogP contribution in [0.5, 0.6) is 11.5 Å². The average molecular weight is 435 g/mol. The first kappa shape index (κ1) is 20.5. The summed E-state index contributed by atoms with van der Waals surface area (Å²) in [4.78, 5) is 28.0. The maximum Gasteiger partial charge on any atom is 0.282 e. The van der Waals surface area contributed by atoms with E-state index in [2.05, 4.69) is 5.32 Å². The first-order chi connectivity index (χ1) is 15.0. The normalized spacial score (nSPS) is 13.6. The van der Waals surface area contributed by atoms with Gasteiger partial charge in [0.05, 0.1) is 31.2 Å². The van der Waals surface area contributed by atoms with Crippen molar-refractivity contribution in [3.05, 3.63) is 89.1 Å². The second kappa shape index (κ2) is 8.53. The molecule has 0 unspecified atom stereocenters. The third-order valence-electron chi connectivity index (χ3n) is 4.88. The van der Waals surface area contributed by atoms with Gasteiger partial charge in [0.25, 0.3) is 11.8 Å². The molecular weight excluding hydrogens is 416 g/mol. The Balaban J connectivity index is 1.85. The summed E-state index contributed by atoms with van der Waals surface area (Å²) >= 11 is 6.10. The minimum atomic E-state index is -0.490. The molecule has 4 rings (SSSR count). The fourth-order valence-electron chi connectivity index (χ4n) is 3.41. The Bertz CT molecular complexity index is 1190. The van der Waals surface area contributed by atoms with Gasteiger partial charge in [-0.05, 0) is 35.9 Å². The molecule has 0 aliphatic carbocycles. The summed E-state index contributed by atoms with van der Waals surface area (Å²) in [7, 11) is 3.07. The molecule has 0 atom stereocenters. The Morgan fingerprint density at radius 2 is 1.61 bits per heavy atom. The Morgan fingerprint density at radius 1 is 0.839 bits per heavy atom. The quantitative estimate of drug-likeness (QED) is 0.567. The van der Waals surface area contributed by atoms with E-state index >= 15 is 0 Å². The molecule has 0 spiro atoms. The largest absolute Gasteiger partial charge is 0.497 e. The number of nitrogens with zero attached hydrogens (tertiary/aromatic N) is 1. The van der Waals surface area contributed by atoms with Gasteiger partial charge >= 0.3 is 0 Å². The lowest BCUT2D eigenvalue weighted by atomic mass is 10.0. The fourth-order valence-corrected chi connectivity index (χ4v) is 3.60. The fraction of sp³-hybridized carbons (Fsp3) is 0.0833. The van der Waals surface area contributed by atoms with E-state index in [4.69, 9.17) is 21.1 Å². The molecule has 2 amide bonds. The highest BCUT2D eigenvalue weighted by Gasteiger charge is 2.40. The van der Waals surface area contributed by atoms with E-state index in [9.17, 15) is 9.59 Å². The van der Waals surface area contributed by atoms with Gasteiger partial charge in [0.1, 0.15) is 17.2 Å². The number of ether oxygens (including phenoxy) is 2. The number of nitrogens with one attached hydrogen (secondary N) is 1. The molecule has 7 heteroatoms. The summed E-state index contributed by atoms with van der Waals surface area (Å²) in [5.41, 5.74) is 1.91. The van der Waals surface area contributed by atoms with E-state index < -0.39 is 11.8 Å². The number of hydrogen-bond donors (Lipinski definition) is 1. The van der Waals surface area contributed by atoms with Crippen LogP contribution in [0.4, 0.5) is 11.4 Å². The van der Waals surface area contributed by atoms with Crippen LogP contribution in [0, 0.1) is 0 Å². The van der Waals surface area contributed by atoms with Crippen LogP contribution >= 0.6 is 11.6 Å². The van der Waals surface area contributed by atoms with Crippen LogP contribution in [-0.2, 0) is 9.59 Å². The second-order valence-corrected chi connectivity index (χ2v) is 7.17. The third-order valence-corrected chi connectivity index (χ3v) is 5.11. The monoisotopic (exact) mass is 434 g/mol. The summed E-state index contributed by atoms with van der Waals surface area (Å²) in [6.07, 6.45) is 0. The van der Waals surface area contributed by atoms with Gasteiger partial charge in [-0.25, -0.2) is 4.90 Å². The van der Waals surface area contributed by atoms with Gasteiger partial charge in [0, 0.05) is 11.1 Å². The third kappa shape index (κ3) is 3.85. The Morgan fingerprint density at radius 3 is 2.29 bits per heavy atom. The molecule has 1 N–H and O–H groups in total. The Kier molecular flexibility index (Phi) is 5.64. The first-order valence-electron chi connectivity index (χ1n) is 9.46. The van der Waals surface area contributed by atoms with E-state index in [0.717, 1.165) is 4.90 Å². The molecule has 0 saturated carbocycles. The minimum Gasteiger partial charge on any atom is -0.497 e. The molecule has 0 radical (unpaired) electrons. The number of anilines is 2. The summed E-state index contributed by atoms with van der Waals surface area (Å²) in [5, 5.41) is 3.53. The van der Waals surface area contributed by atoms with Crippen LogP contribution in [0.2, 0.25) is 5.02 Å². The van der Waals surface area contributed by atoms with E-state index in [1.54, 1.807) is 61.7 Å². The second-order valence-electron chi connectivity index (χ2n) is 6.73. The standard InChI is InChI=1S/C24H19ClN2O4/c1-30-18-11-12-20(31-2)19(14-18)26-22-21(15-7-4-3-5-8-15)23(28)27(24(22)29)17-10-6-9-16(25)13-17/h3-14,26H,1-2H3. The van der Waals surface area contributed by atoms with Crippen molar-refractivity contribution in [2.24, 2.45) is 0 Å². The van der Waals surface area contributed by atoms with Crippen LogP contribution in [0.15, 0.2) is 78.5 Å². The van der Waals surface area contributed by atoms with Crippen LogP contribution in [0.25, 0.3) is 5.57 Å². The Labute approximate surface area is 184 Å². The maximum atomic E-state index is 13.4. The van der Waals surface area contributed by atoms with E-state index in [1.165, 1.54) is 7.11 Å². The van der Waals surface area contributed by atoms with Crippen molar-refractivity contribution >= 4 is 40.4 Å². The van der Waals surface area contributed by atoms with Crippen molar-refractivity contribution < 1.29 is 19.1 Å². The number of hydrogen-bond acceptors (Lipinski definition) is 5. The molecule has 1 aliphatic rings. The van der Waals surface area contributed by atoms with Crippen molar-refractivity contribution in [3.63, 3.8) is 0 Å². The van der Waals surface area contributed by atoms with Crippen LogP contribution < -0.4 is 19.7 Å². The van der Waals surface area contributed by atoms with Gasteiger partial charge in [0.2, 0.25) is 0 Å². The molecule has 3 aromatic carbocycles. The van der Waals surface area contributed by atoms with Crippen molar-refractivity contribution in [1.29, 1.82) is 0 Å². The predicted octanol–water partition coefficient (Wildman–Crippen LogP) is 4.75. The predicted molar refractivity (Wildman–Crippen MR) is 120 cm³/mol. The van der Waals surface area contributed by atoms with Crippen molar-refractivity contribution in [1.82, 2.24) is 0 Å². The molecule has 1 heterocycles. The van der Waals surface area contributed by atoms with E-state index in [1.807, 2.05) is 18.2 Å². The lowest BCUT2D eigenvalue weighted by Gasteiger charge is -2.16. The lowest BCUT2D eigenvalue weighted by molar-refractivity contribution is -0.120. The zero-order valence-corrected chi connectivity index (χ0v) is 17.6. The number of rotatable bonds is 6.